The lowest BCUT2D eigenvalue weighted by Gasteiger charge is -2.13. The fourth-order valence-electron chi connectivity index (χ4n) is 3.27. The lowest BCUT2D eigenvalue weighted by molar-refractivity contribution is -0.122. The van der Waals surface area contributed by atoms with E-state index in [0.717, 1.165) is 16.7 Å². The van der Waals surface area contributed by atoms with E-state index in [-0.39, 0.29) is 29.1 Å². The minimum Gasteiger partial charge on any atom is -0.360 e. The maximum absolute atomic E-state index is 13.9. The zero-order valence-electron chi connectivity index (χ0n) is 17.3. The summed E-state index contributed by atoms with van der Waals surface area (Å²) in [7, 11) is 0. The molecular weight excluding hydrogens is 469 g/mol. The summed E-state index contributed by atoms with van der Waals surface area (Å²) in [5.41, 5.74) is 1.28. The quantitative estimate of drug-likeness (QED) is 0.499. The fraction of sp³-hybridized carbons (Fsp3) is 0.130. The lowest BCUT2D eigenvalue weighted by Crippen LogP contribution is -2.37. The third kappa shape index (κ3) is 4.69. The van der Waals surface area contributed by atoms with E-state index in [0.29, 0.717) is 22.0 Å². The van der Waals surface area contributed by atoms with Crippen LogP contribution in [0.1, 0.15) is 21.7 Å². The minimum atomic E-state index is -0.541. The highest BCUT2D eigenvalue weighted by atomic mass is 35.5. The van der Waals surface area contributed by atoms with Gasteiger partial charge in [0.05, 0.1) is 9.93 Å². The molecule has 33 heavy (non-hydrogen) atoms. The molecule has 1 fully saturated rings. The van der Waals surface area contributed by atoms with E-state index < -0.39 is 22.9 Å². The number of thioether (sulfide) groups is 1. The van der Waals surface area contributed by atoms with Gasteiger partial charge in [-0.25, -0.2) is 4.39 Å². The molecular formula is C23H17ClFN3O4S. The first-order chi connectivity index (χ1) is 15.9. The first-order valence-corrected chi connectivity index (χ1v) is 11.1. The van der Waals surface area contributed by atoms with E-state index in [1.54, 1.807) is 37.3 Å². The second-order valence-electron chi connectivity index (χ2n) is 7.05. The summed E-state index contributed by atoms with van der Waals surface area (Å²) in [4.78, 5) is 38.8. The Morgan fingerprint density at radius 3 is 2.70 bits per heavy atom. The smallest absolute Gasteiger partial charge is 0.293 e. The topological polar surface area (TPSA) is 92.5 Å². The van der Waals surface area contributed by atoms with Crippen LogP contribution >= 0.6 is 23.4 Å². The van der Waals surface area contributed by atoms with Crippen LogP contribution < -0.4 is 5.32 Å². The van der Waals surface area contributed by atoms with Gasteiger partial charge in [0.1, 0.15) is 22.8 Å². The fourth-order valence-corrected chi connectivity index (χ4v) is 4.35. The Morgan fingerprint density at radius 1 is 1.21 bits per heavy atom. The van der Waals surface area contributed by atoms with E-state index in [9.17, 15) is 18.8 Å². The van der Waals surface area contributed by atoms with Gasteiger partial charge in [0.15, 0.2) is 0 Å². The highest BCUT2D eigenvalue weighted by Crippen LogP contribution is 2.33. The van der Waals surface area contributed by atoms with Crippen molar-refractivity contribution in [3.8, 4) is 11.3 Å². The van der Waals surface area contributed by atoms with Crippen molar-refractivity contribution in [1.29, 1.82) is 0 Å². The lowest BCUT2D eigenvalue weighted by atomic mass is 10.1. The average molecular weight is 486 g/mol. The molecule has 0 saturated carbocycles. The van der Waals surface area contributed by atoms with Crippen LogP contribution in [-0.4, -0.2) is 40.2 Å². The molecule has 2 heterocycles. The molecule has 10 heteroatoms. The van der Waals surface area contributed by atoms with Gasteiger partial charge in [-0.1, -0.05) is 53.2 Å². The Kier molecular flexibility index (Phi) is 6.62. The van der Waals surface area contributed by atoms with Crippen molar-refractivity contribution in [2.45, 2.75) is 6.92 Å². The number of carbonyl (C=O) groups is 3. The molecule has 1 aliphatic heterocycles. The number of nitrogens with one attached hydrogen (secondary N) is 1. The molecule has 4 rings (SSSR count). The molecule has 0 radical (unpaired) electrons. The van der Waals surface area contributed by atoms with Crippen molar-refractivity contribution in [3.63, 3.8) is 0 Å². The van der Waals surface area contributed by atoms with Crippen LogP contribution in [0.15, 0.2) is 58.0 Å². The first kappa shape index (κ1) is 22.8. The molecule has 2 aromatic carbocycles. The number of rotatable bonds is 6. The monoisotopic (exact) mass is 485 g/mol. The first-order valence-electron chi connectivity index (χ1n) is 9.86. The van der Waals surface area contributed by atoms with Gasteiger partial charge in [0.25, 0.3) is 17.1 Å². The molecule has 7 nitrogen and oxygen atoms in total. The number of hydrogen-bond acceptors (Lipinski definition) is 6. The molecule has 0 atom stereocenters. The second kappa shape index (κ2) is 9.60. The van der Waals surface area contributed by atoms with Gasteiger partial charge in [-0.05, 0) is 36.9 Å². The molecule has 168 valence electrons. The highest BCUT2D eigenvalue weighted by Gasteiger charge is 2.35. The van der Waals surface area contributed by atoms with E-state index in [2.05, 4.69) is 10.5 Å². The number of benzene rings is 2. The largest absolute Gasteiger partial charge is 0.360 e. The van der Waals surface area contributed by atoms with Gasteiger partial charge in [0.2, 0.25) is 0 Å². The standard InChI is InChI=1S/C23H17ClFN3O4S/c1-13-19(20(27-32-13)15-7-3-4-8-16(15)24)21(29)26-10-11-28-22(30)18(33-23(28)31)12-14-6-2-5-9-17(14)25/h2-9,12H,10-11H2,1H3,(H,26,29)/b18-12-. The number of nitrogens with zero attached hydrogens (tertiary/aromatic N) is 2. The molecule has 1 aromatic heterocycles. The van der Waals surface area contributed by atoms with Crippen LogP contribution in [0, 0.1) is 12.7 Å². The maximum Gasteiger partial charge on any atom is 0.293 e. The van der Waals surface area contributed by atoms with Gasteiger partial charge in [-0.3, -0.25) is 19.3 Å². The van der Waals surface area contributed by atoms with Gasteiger partial charge in [-0.2, -0.15) is 0 Å². The van der Waals surface area contributed by atoms with Crippen LogP contribution in [0.5, 0.6) is 0 Å². The van der Waals surface area contributed by atoms with Crippen molar-refractivity contribution < 1.29 is 23.3 Å². The third-order valence-electron chi connectivity index (χ3n) is 4.91. The van der Waals surface area contributed by atoms with Crippen LogP contribution in [0.3, 0.4) is 0 Å². The number of carbonyl (C=O) groups excluding carboxylic acids is 3. The molecule has 3 amide bonds. The minimum absolute atomic E-state index is 0.0104. The molecule has 1 aliphatic rings. The van der Waals surface area contributed by atoms with Crippen LogP contribution in [0.2, 0.25) is 5.02 Å². The van der Waals surface area contributed by atoms with Crippen LogP contribution in [-0.2, 0) is 4.79 Å². The van der Waals surface area contributed by atoms with E-state index in [1.165, 1.54) is 24.3 Å². The number of imide groups is 1. The van der Waals surface area contributed by atoms with Crippen molar-refractivity contribution in [2.75, 3.05) is 13.1 Å². The van der Waals surface area contributed by atoms with Gasteiger partial charge in [-0.15, -0.1) is 0 Å². The Bertz CT molecular complexity index is 1290. The zero-order valence-corrected chi connectivity index (χ0v) is 18.9. The maximum atomic E-state index is 13.9. The van der Waals surface area contributed by atoms with Crippen molar-refractivity contribution in [3.05, 3.63) is 81.2 Å². The number of aromatic nitrogens is 1. The average Bonchev–Trinajstić information content (AvgIpc) is 3.30. The van der Waals surface area contributed by atoms with E-state index in [1.807, 2.05) is 0 Å². The number of amides is 3. The Hall–Kier alpha value is -3.43. The summed E-state index contributed by atoms with van der Waals surface area (Å²) in [5, 5.41) is 6.56. The van der Waals surface area contributed by atoms with Crippen molar-refractivity contribution >= 4 is 46.5 Å². The number of hydrogen-bond donors (Lipinski definition) is 1. The molecule has 1 saturated heterocycles. The zero-order chi connectivity index (χ0) is 23.5. The predicted octanol–water partition coefficient (Wildman–Crippen LogP) is 4.91. The SMILES string of the molecule is Cc1onc(-c2ccccc2Cl)c1C(=O)NCCN1C(=O)S/C(=C\c2ccccc2F)C1=O. The summed E-state index contributed by atoms with van der Waals surface area (Å²) < 4.78 is 19.1. The Morgan fingerprint density at radius 2 is 1.94 bits per heavy atom. The molecule has 0 unspecified atom stereocenters. The van der Waals surface area contributed by atoms with E-state index >= 15 is 0 Å². The third-order valence-corrected chi connectivity index (χ3v) is 6.14. The molecule has 0 spiro atoms. The Balaban J connectivity index is 1.43. The highest BCUT2D eigenvalue weighted by molar-refractivity contribution is 8.18. The normalized spacial score (nSPS) is 14.9. The van der Waals surface area contributed by atoms with Crippen molar-refractivity contribution in [1.82, 2.24) is 15.4 Å². The Labute approximate surface area is 197 Å². The summed E-state index contributed by atoms with van der Waals surface area (Å²) in [5.74, 6) is -1.20. The van der Waals surface area contributed by atoms with Crippen molar-refractivity contribution in [2.24, 2.45) is 0 Å². The van der Waals surface area contributed by atoms with Crippen LogP contribution in [0.4, 0.5) is 9.18 Å². The molecule has 0 bridgehead atoms. The van der Waals surface area contributed by atoms with Gasteiger partial charge in [0, 0.05) is 24.2 Å². The molecule has 3 aromatic rings. The summed E-state index contributed by atoms with van der Waals surface area (Å²) in [6.07, 6.45) is 1.34. The number of aryl methyl sites for hydroxylation is 1. The van der Waals surface area contributed by atoms with Gasteiger partial charge < -0.3 is 9.84 Å². The predicted molar refractivity (Wildman–Crippen MR) is 123 cm³/mol. The summed E-state index contributed by atoms with van der Waals surface area (Å²) >= 11 is 6.95. The summed E-state index contributed by atoms with van der Waals surface area (Å²) in [6, 6.07) is 12.9. The number of halogens is 2. The van der Waals surface area contributed by atoms with Crippen LogP contribution in [0.25, 0.3) is 17.3 Å². The molecule has 1 N–H and O–H groups in total. The van der Waals surface area contributed by atoms with Gasteiger partial charge >= 0.3 is 0 Å². The summed E-state index contributed by atoms with van der Waals surface area (Å²) in [6.45, 7) is 1.57. The van der Waals surface area contributed by atoms with E-state index in [4.69, 9.17) is 16.1 Å². The molecule has 0 aliphatic carbocycles. The second-order valence-corrected chi connectivity index (χ2v) is 8.45.